The van der Waals surface area contributed by atoms with Crippen molar-refractivity contribution in [2.45, 2.75) is 18.9 Å². The van der Waals surface area contributed by atoms with Crippen molar-refractivity contribution in [3.63, 3.8) is 0 Å². The predicted molar refractivity (Wildman–Crippen MR) is 138 cm³/mol. The summed E-state index contributed by atoms with van der Waals surface area (Å²) in [7, 11) is 0. The van der Waals surface area contributed by atoms with Gasteiger partial charge in [-0.3, -0.25) is 14.5 Å². The molecule has 0 aliphatic carbocycles. The van der Waals surface area contributed by atoms with E-state index in [2.05, 4.69) is 11.0 Å². The maximum atomic E-state index is 13.3. The lowest BCUT2D eigenvalue weighted by Crippen LogP contribution is -2.48. The van der Waals surface area contributed by atoms with Crippen molar-refractivity contribution in [2.24, 2.45) is 5.92 Å². The third-order valence-corrected chi connectivity index (χ3v) is 7.84. The summed E-state index contributed by atoms with van der Waals surface area (Å²) in [4.78, 5) is 29.6. The first-order valence-electron chi connectivity index (χ1n) is 11.1. The SMILES string of the molecule is O=C(CSC(=S)N1C[C@H]2C[C@@H](C1)c1cccc(=O)n1C2)N(c1ccccc1)c1ccccc1. The lowest BCUT2D eigenvalue weighted by Gasteiger charge is -2.43. The van der Waals surface area contributed by atoms with Gasteiger partial charge in [-0.05, 0) is 42.7 Å². The fraction of sp³-hybridized carbons (Fsp3) is 0.269. The molecule has 1 aromatic heterocycles. The molecule has 2 aromatic carbocycles. The van der Waals surface area contributed by atoms with E-state index in [1.165, 1.54) is 11.8 Å². The molecule has 1 saturated heterocycles. The van der Waals surface area contributed by atoms with Crippen molar-refractivity contribution in [1.29, 1.82) is 0 Å². The minimum absolute atomic E-state index is 0.00569. The maximum absolute atomic E-state index is 13.3. The number of fused-ring (bicyclic) bond motifs is 4. The number of para-hydroxylation sites is 2. The number of amides is 1. The van der Waals surface area contributed by atoms with Gasteiger partial charge in [0.25, 0.3) is 5.56 Å². The molecule has 2 atom stereocenters. The van der Waals surface area contributed by atoms with Crippen LogP contribution >= 0.6 is 24.0 Å². The van der Waals surface area contributed by atoms with Gasteiger partial charge in [-0.1, -0.05) is 66.4 Å². The normalized spacial score (nSPS) is 19.0. The minimum Gasteiger partial charge on any atom is -0.356 e. The van der Waals surface area contributed by atoms with Crippen molar-refractivity contribution in [3.8, 4) is 0 Å². The summed E-state index contributed by atoms with van der Waals surface area (Å²) >= 11 is 7.19. The standard InChI is InChI=1S/C26H25N3O2S2/c30-24-13-7-12-23-20-14-19(16-28(23)24)15-27(17-20)26(32)33-18-25(31)29(21-8-3-1-4-9-21)22-10-5-2-6-11-22/h1-13,19-20H,14-18H2/t19-,20+/m1/s1. The Morgan fingerprint density at radius 3 is 2.24 bits per heavy atom. The summed E-state index contributed by atoms with van der Waals surface area (Å²) in [6.07, 6.45) is 1.09. The second kappa shape index (κ2) is 9.53. The summed E-state index contributed by atoms with van der Waals surface area (Å²) in [6, 6.07) is 25.0. The number of nitrogens with zero attached hydrogens (tertiary/aromatic N) is 3. The zero-order valence-electron chi connectivity index (χ0n) is 18.2. The van der Waals surface area contributed by atoms with Gasteiger partial charge in [-0.15, -0.1) is 0 Å². The molecule has 1 fully saturated rings. The molecule has 2 bridgehead atoms. The first-order valence-corrected chi connectivity index (χ1v) is 12.5. The van der Waals surface area contributed by atoms with E-state index in [1.807, 2.05) is 71.3 Å². The number of benzene rings is 2. The molecular weight excluding hydrogens is 450 g/mol. The minimum atomic E-state index is -0.00569. The number of thiocarbonyl (C=S) groups is 1. The van der Waals surface area contributed by atoms with E-state index in [-0.39, 0.29) is 17.2 Å². The Kier molecular flexibility index (Phi) is 6.33. The Balaban J connectivity index is 1.28. The fourth-order valence-electron chi connectivity index (χ4n) is 4.92. The molecular formula is C26H25N3O2S2. The van der Waals surface area contributed by atoms with Gasteiger partial charge in [0.1, 0.15) is 4.32 Å². The molecule has 3 aromatic rings. The third-order valence-electron chi connectivity index (χ3n) is 6.34. The quantitative estimate of drug-likeness (QED) is 0.514. The predicted octanol–water partition coefficient (Wildman–Crippen LogP) is 4.65. The van der Waals surface area contributed by atoms with Gasteiger partial charge in [0.05, 0.1) is 5.75 Å². The van der Waals surface area contributed by atoms with Crippen molar-refractivity contribution >= 4 is 45.6 Å². The fourth-order valence-corrected chi connectivity index (χ4v) is 5.95. The summed E-state index contributed by atoms with van der Waals surface area (Å²) in [6.45, 7) is 2.36. The second-order valence-electron chi connectivity index (χ2n) is 8.56. The second-order valence-corrected chi connectivity index (χ2v) is 10.2. The molecule has 0 saturated carbocycles. The largest absolute Gasteiger partial charge is 0.356 e. The van der Waals surface area contributed by atoms with Crippen LogP contribution in [0.2, 0.25) is 0 Å². The van der Waals surface area contributed by atoms with Crippen LogP contribution in [0.25, 0.3) is 0 Å². The topological polar surface area (TPSA) is 45.6 Å². The van der Waals surface area contributed by atoms with Gasteiger partial charge < -0.3 is 9.47 Å². The Labute approximate surface area is 203 Å². The lowest BCUT2D eigenvalue weighted by molar-refractivity contribution is -0.115. The van der Waals surface area contributed by atoms with E-state index in [1.54, 1.807) is 11.0 Å². The molecule has 2 aliphatic rings. The molecule has 2 aliphatic heterocycles. The van der Waals surface area contributed by atoms with Crippen molar-refractivity contribution in [2.75, 3.05) is 23.7 Å². The van der Waals surface area contributed by atoms with Crippen LogP contribution in [0.15, 0.2) is 83.7 Å². The van der Waals surface area contributed by atoms with Crippen LogP contribution in [0, 0.1) is 5.92 Å². The number of likely N-dealkylation sites (tertiary alicyclic amines) is 1. The van der Waals surface area contributed by atoms with Crippen LogP contribution in [0.1, 0.15) is 18.0 Å². The average molecular weight is 476 g/mol. The zero-order chi connectivity index (χ0) is 22.8. The highest BCUT2D eigenvalue weighted by molar-refractivity contribution is 8.23. The highest BCUT2D eigenvalue weighted by Crippen LogP contribution is 2.36. The number of thioether (sulfide) groups is 1. The molecule has 0 radical (unpaired) electrons. The molecule has 0 N–H and O–H groups in total. The van der Waals surface area contributed by atoms with Crippen LogP contribution in [-0.4, -0.2) is 38.5 Å². The van der Waals surface area contributed by atoms with E-state index in [9.17, 15) is 9.59 Å². The molecule has 168 valence electrons. The average Bonchev–Trinajstić information content (AvgIpc) is 2.84. The van der Waals surface area contributed by atoms with Crippen LogP contribution in [-0.2, 0) is 11.3 Å². The molecule has 1 amide bonds. The van der Waals surface area contributed by atoms with Gasteiger partial charge >= 0.3 is 0 Å². The van der Waals surface area contributed by atoms with Crippen molar-refractivity contribution in [1.82, 2.24) is 9.47 Å². The first-order chi connectivity index (χ1) is 16.1. The van der Waals surface area contributed by atoms with Crippen LogP contribution in [0.5, 0.6) is 0 Å². The number of anilines is 2. The molecule has 3 heterocycles. The number of pyridine rings is 1. The molecule has 5 nitrogen and oxygen atoms in total. The highest BCUT2D eigenvalue weighted by Gasteiger charge is 2.35. The highest BCUT2D eigenvalue weighted by atomic mass is 32.2. The maximum Gasteiger partial charge on any atom is 0.250 e. The van der Waals surface area contributed by atoms with Crippen molar-refractivity contribution < 1.29 is 4.79 Å². The number of hydrogen-bond acceptors (Lipinski definition) is 4. The zero-order valence-corrected chi connectivity index (χ0v) is 19.8. The van der Waals surface area contributed by atoms with Crippen LogP contribution in [0.3, 0.4) is 0 Å². The first kappa shape index (κ1) is 21.9. The van der Waals surface area contributed by atoms with Gasteiger partial charge in [0, 0.05) is 48.7 Å². The van der Waals surface area contributed by atoms with E-state index < -0.39 is 0 Å². The van der Waals surface area contributed by atoms with E-state index in [4.69, 9.17) is 12.2 Å². The van der Waals surface area contributed by atoms with Gasteiger partial charge in [0.15, 0.2) is 0 Å². The van der Waals surface area contributed by atoms with Crippen molar-refractivity contribution in [3.05, 3.63) is 94.9 Å². The summed E-state index contributed by atoms with van der Waals surface area (Å²) in [5.41, 5.74) is 2.87. The molecule has 0 unspecified atom stereocenters. The number of hydrogen-bond donors (Lipinski definition) is 0. The Bertz CT molecular complexity index is 1170. The van der Waals surface area contributed by atoms with Gasteiger partial charge in [-0.25, -0.2) is 0 Å². The smallest absolute Gasteiger partial charge is 0.250 e. The number of rotatable bonds is 4. The number of aromatic nitrogens is 1. The number of piperidine rings is 1. The lowest BCUT2D eigenvalue weighted by atomic mass is 9.83. The molecule has 7 heteroatoms. The van der Waals surface area contributed by atoms with E-state index in [0.29, 0.717) is 11.8 Å². The van der Waals surface area contributed by atoms with Crippen LogP contribution in [0.4, 0.5) is 11.4 Å². The third kappa shape index (κ3) is 4.61. The van der Waals surface area contributed by atoms with Gasteiger partial charge in [-0.2, -0.15) is 0 Å². The number of carbonyl (C=O) groups excluding carboxylic acids is 1. The Hall–Kier alpha value is -2.90. The monoisotopic (exact) mass is 475 g/mol. The Morgan fingerprint density at radius 2 is 1.58 bits per heavy atom. The molecule has 0 spiro atoms. The molecule has 33 heavy (non-hydrogen) atoms. The van der Waals surface area contributed by atoms with Crippen LogP contribution < -0.4 is 10.5 Å². The summed E-state index contributed by atoms with van der Waals surface area (Å²) in [5, 5.41) is 0. The van der Waals surface area contributed by atoms with E-state index >= 15 is 0 Å². The van der Waals surface area contributed by atoms with E-state index in [0.717, 1.165) is 47.4 Å². The summed E-state index contributed by atoms with van der Waals surface area (Å²) < 4.78 is 2.68. The van der Waals surface area contributed by atoms with Gasteiger partial charge in [0.2, 0.25) is 5.91 Å². The molecule has 5 rings (SSSR count). The Morgan fingerprint density at radius 1 is 0.909 bits per heavy atom. The number of carbonyl (C=O) groups is 1. The summed E-state index contributed by atoms with van der Waals surface area (Å²) in [5.74, 6) is 0.959.